The summed E-state index contributed by atoms with van der Waals surface area (Å²) in [5.41, 5.74) is 2.80. The number of anilines is 1. The number of Topliss-reactive ketones (excluding diaryl/α,β-unsaturated/α-hetero) is 1. The molecule has 6 heteroatoms. The van der Waals surface area contributed by atoms with Crippen molar-refractivity contribution >= 4 is 23.2 Å². The van der Waals surface area contributed by atoms with E-state index in [1.807, 2.05) is 66.7 Å². The van der Waals surface area contributed by atoms with Gasteiger partial charge in [-0.25, -0.2) is 0 Å². The lowest BCUT2D eigenvalue weighted by Crippen LogP contribution is -2.25. The van der Waals surface area contributed by atoms with Gasteiger partial charge in [0, 0.05) is 16.8 Å². The summed E-state index contributed by atoms with van der Waals surface area (Å²) in [6, 6.07) is 36.2. The first kappa shape index (κ1) is 23.6. The van der Waals surface area contributed by atoms with Crippen LogP contribution in [0.5, 0.6) is 0 Å². The number of amides is 1. The summed E-state index contributed by atoms with van der Waals surface area (Å²) in [7, 11) is 0. The maximum Gasteiger partial charge on any atom is 0.296 e. The van der Waals surface area contributed by atoms with Crippen LogP contribution in [0.15, 0.2) is 121 Å². The normalized spacial score (nSPS) is 10.6. The lowest BCUT2D eigenvalue weighted by Gasteiger charge is -2.10. The zero-order valence-corrected chi connectivity index (χ0v) is 19.9. The van der Waals surface area contributed by atoms with Crippen LogP contribution in [-0.2, 0) is 11.3 Å². The van der Waals surface area contributed by atoms with Gasteiger partial charge >= 0.3 is 0 Å². The molecule has 6 nitrogen and oxygen atoms in total. The molecule has 0 aliphatic heterocycles. The van der Waals surface area contributed by atoms with Crippen molar-refractivity contribution in [1.82, 2.24) is 9.78 Å². The summed E-state index contributed by atoms with van der Waals surface area (Å²) >= 11 is 0. The highest BCUT2D eigenvalue weighted by Gasteiger charge is 2.32. The summed E-state index contributed by atoms with van der Waals surface area (Å²) in [5, 5.41) is 7.28. The van der Waals surface area contributed by atoms with Gasteiger partial charge in [0.15, 0.2) is 0 Å². The first-order valence-electron chi connectivity index (χ1n) is 11.8. The number of nitrogens with zero attached hydrogens (tertiary/aromatic N) is 2. The van der Waals surface area contributed by atoms with Crippen LogP contribution in [0.4, 0.5) is 5.69 Å². The monoisotopic (exact) mass is 485 g/mol. The van der Waals surface area contributed by atoms with Crippen LogP contribution in [-0.4, -0.2) is 27.3 Å². The first-order valence-corrected chi connectivity index (χ1v) is 11.8. The highest BCUT2D eigenvalue weighted by Crippen LogP contribution is 2.30. The molecule has 0 bridgehead atoms. The molecule has 0 saturated carbocycles. The lowest BCUT2D eigenvalue weighted by atomic mass is 9.97. The van der Waals surface area contributed by atoms with Crippen molar-refractivity contribution in [3.05, 3.63) is 144 Å². The second-order valence-corrected chi connectivity index (χ2v) is 8.43. The fourth-order valence-electron chi connectivity index (χ4n) is 4.15. The van der Waals surface area contributed by atoms with Crippen molar-refractivity contribution in [2.75, 3.05) is 5.32 Å². The minimum absolute atomic E-state index is 0.0237. The zero-order chi connectivity index (χ0) is 25.6. The van der Waals surface area contributed by atoms with Crippen LogP contribution < -0.4 is 5.32 Å². The minimum Gasteiger partial charge on any atom is -0.319 e. The van der Waals surface area contributed by atoms with Crippen LogP contribution >= 0.6 is 0 Å². The van der Waals surface area contributed by atoms with Crippen molar-refractivity contribution in [3.63, 3.8) is 0 Å². The van der Waals surface area contributed by atoms with E-state index < -0.39 is 17.5 Å². The van der Waals surface area contributed by atoms with Gasteiger partial charge in [0.2, 0.25) is 5.78 Å². The van der Waals surface area contributed by atoms with Gasteiger partial charge in [-0.05, 0) is 17.7 Å². The Morgan fingerprint density at radius 3 is 1.84 bits per heavy atom. The zero-order valence-electron chi connectivity index (χ0n) is 19.9. The molecule has 0 atom stereocenters. The number of carbonyl (C=O) groups is 3. The largest absolute Gasteiger partial charge is 0.319 e. The van der Waals surface area contributed by atoms with Crippen molar-refractivity contribution < 1.29 is 14.4 Å². The van der Waals surface area contributed by atoms with E-state index in [0.29, 0.717) is 29.1 Å². The molecule has 1 aromatic heterocycles. The number of benzene rings is 4. The highest BCUT2D eigenvalue weighted by atomic mass is 16.2. The number of carbonyl (C=O) groups excluding carboxylic acids is 3. The van der Waals surface area contributed by atoms with Gasteiger partial charge in [-0.1, -0.05) is 109 Å². The van der Waals surface area contributed by atoms with E-state index in [1.165, 1.54) is 0 Å². The van der Waals surface area contributed by atoms with Gasteiger partial charge in [0.25, 0.3) is 11.7 Å². The van der Waals surface area contributed by atoms with Crippen LogP contribution in [0.2, 0.25) is 0 Å². The maximum atomic E-state index is 13.7. The molecule has 180 valence electrons. The molecule has 0 unspecified atom stereocenters. The van der Waals surface area contributed by atoms with Gasteiger partial charge in [0.1, 0.15) is 5.69 Å². The molecule has 4 aromatic carbocycles. The SMILES string of the molecule is O=C(Nc1ccccc1)C(=O)c1c(C(=O)c2ccccc2)nn(Cc2ccccc2)c1-c1ccccc1. The molecule has 5 aromatic rings. The van der Waals surface area contributed by atoms with E-state index in [0.717, 1.165) is 5.56 Å². The second-order valence-electron chi connectivity index (χ2n) is 8.43. The second kappa shape index (κ2) is 10.7. The molecule has 0 saturated heterocycles. The third kappa shape index (κ3) is 5.13. The standard InChI is InChI=1S/C31H23N3O3/c35-29(24-17-9-3-10-18-24)27-26(30(36)31(37)32-25-19-11-4-12-20-25)28(23-15-7-2-8-16-23)34(33-27)21-22-13-5-1-6-14-22/h1-20H,21H2,(H,32,37). The summed E-state index contributed by atoms with van der Waals surface area (Å²) < 4.78 is 1.63. The Kier molecular flexibility index (Phi) is 6.81. The third-order valence-corrected chi connectivity index (χ3v) is 5.89. The topological polar surface area (TPSA) is 81.1 Å². The fraction of sp³-hybridized carbons (Fsp3) is 0.0323. The van der Waals surface area contributed by atoms with Crippen molar-refractivity contribution in [3.8, 4) is 11.3 Å². The van der Waals surface area contributed by atoms with Gasteiger partial charge in [-0.3, -0.25) is 19.1 Å². The van der Waals surface area contributed by atoms with Crippen molar-refractivity contribution in [1.29, 1.82) is 0 Å². The first-order chi connectivity index (χ1) is 18.1. The Hall–Kier alpha value is -5.10. The quantitative estimate of drug-likeness (QED) is 0.227. The van der Waals surface area contributed by atoms with E-state index in [-0.39, 0.29) is 11.3 Å². The number of hydrogen-bond donors (Lipinski definition) is 1. The minimum atomic E-state index is -0.843. The summed E-state index contributed by atoms with van der Waals surface area (Å²) in [5.74, 6) is -2.11. The van der Waals surface area contributed by atoms with Crippen LogP contribution in [0.3, 0.4) is 0 Å². The molecule has 1 heterocycles. The summed E-state index contributed by atoms with van der Waals surface area (Å²) in [6.07, 6.45) is 0. The fourth-order valence-corrected chi connectivity index (χ4v) is 4.15. The number of rotatable bonds is 8. The van der Waals surface area contributed by atoms with Crippen molar-refractivity contribution in [2.45, 2.75) is 6.54 Å². The predicted molar refractivity (Wildman–Crippen MR) is 142 cm³/mol. The molecular formula is C31H23N3O3. The summed E-state index contributed by atoms with van der Waals surface area (Å²) in [4.78, 5) is 40.6. The molecular weight excluding hydrogens is 462 g/mol. The molecule has 37 heavy (non-hydrogen) atoms. The number of ketones is 2. The van der Waals surface area contributed by atoms with Gasteiger partial charge in [-0.15, -0.1) is 0 Å². The summed E-state index contributed by atoms with van der Waals surface area (Å²) in [6.45, 7) is 0.313. The Bertz CT molecular complexity index is 1550. The van der Waals surface area contributed by atoms with Crippen LogP contribution in [0, 0.1) is 0 Å². The molecule has 0 spiro atoms. The number of para-hydroxylation sites is 1. The smallest absolute Gasteiger partial charge is 0.296 e. The molecule has 5 rings (SSSR count). The Balaban J connectivity index is 1.68. The van der Waals surface area contributed by atoms with E-state index in [9.17, 15) is 14.4 Å². The van der Waals surface area contributed by atoms with E-state index in [1.54, 1.807) is 59.3 Å². The molecule has 1 N–H and O–H groups in total. The Morgan fingerprint density at radius 1 is 0.676 bits per heavy atom. The Morgan fingerprint density at radius 2 is 1.22 bits per heavy atom. The lowest BCUT2D eigenvalue weighted by molar-refractivity contribution is -0.112. The Labute approximate surface area is 214 Å². The molecule has 0 aliphatic carbocycles. The van der Waals surface area contributed by atoms with Crippen molar-refractivity contribution in [2.24, 2.45) is 0 Å². The number of aromatic nitrogens is 2. The average Bonchev–Trinajstić information content (AvgIpc) is 3.33. The van der Waals surface area contributed by atoms with E-state index in [4.69, 9.17) is 0 Å². The number of hydrogen-bond acceptors (Lipinski definition) is 4. The average molecular weight is 486 g/mol. The highest BCUT2D eigenvalue weighted by molar-refractivity contribution is 6.48. The van der Waals surface area contributed by atoms with Gasteiger partial charge in [0.05, 0.1) is 17.8 Å². The molecule has 0 radical (unpaired) electrons. The molecule has 0 fully saturated rings. The van der Waals surface area contributed by atoms with Crippen LogP contribution in [0.1, 0.15) is 32.0 Å². The maximum absolute atomic E-state index is 13.7. The van der Waals surface area contributed by atoms with Gasteiger partial charge in [-0.2, -0.15) is 5.10 Å². The third-order valence-electron chi connectivity index (χ3n) is 5.89. The number of nitrogens with one attached hydrogen (secondary N) is 1. The molecule has 0 aliphatic rings. The predicted octanol–water partition coefficient (Wildman–Crippen LogP) is 5.65. The van der Waals surface area contributed by atoms with E-state index >= 15 is 0 Å². The molecule has 1 amide bonds. The van der Waals surface area contributed by atoms with Crippen LogP contribution in [0.25, 0.3) is 11.3 Å². The van der Waals surface area contributed by atoms with E-state index in [2.05, 4.69) is 10.4 Å². The van der Waals surface area contributed by atoms with Gasteiger partial charge < -0.3 is 5.32 Å².